The average molecular weight is 372 g/mol. The third-order valence-corrected chi connectivity index (χ3v) is 4.11. The first kappa shape index (κ1) is 21.4. The number of thioether (sulfide) groups is 1. The molecule has 2 unspecified atom stereocenters. The van der Waals surface area contributed by atoms with E-state index in [0.29, 0.717) is 11.6 Å². The molecule has 4 nitrogen and oxygen atoms in total. The molecule has 1 amide bonds. The van der Waals surface area contributed by atoms with E-state index in [2.05, 4.69) is 10.3 Å². The van der Waals surface area contributed by atoms with Gasteiger partial charge in [0.05, 0.1) is 6.04 Å². The second-order valence-electron chi connectivity index (χ2n) is 6.38. The Morgan fingerprint density at radius 2 is 1.96 bits per heavy atom. The van der Waals surface area contributed by atoms with Crippen LogP contribution >= 0.6 is 11.8 Å². The normalized spacial score (nSPS) is 20.1. The number of amidine groups is 1. The number of hydrogen-bond donors (Lipinski definition) is 1. The van der Waals surface area contributed by atoms with Gasteiger partial charge in [0.25, 0.3) is 0 Å². The maximum Gasteiger partial charge on any atom is 0.413 e. The van der Waals surface area contributed by atoms with Crippen LogP contribution in [0.4, 0.5) is 13.6 Å². The van der Waals surface area contributed by atoms with E-state index >= 15 is 0 Å². The SMILES string of the molecule is CC.CC1CC(c2cccc(F)c2F)N=C(NC(=O)OC(C)(C)C)S1. The van der Waals surface area contributed by atoms with E-state index in [4.69, 9.17) is 4.74 Å². The van der Waals surface area contributed by atoms with Gasteiger partial charge in [-0.05, 0) is 33.3 Å². The van der Waals surface area contributed by atoms with E-state index in [-0.39, 0.29) is 10.8 Å². The lowest BCUT2D eigenvalue weighted by molar-refractivity contribution is 0.0564. The Bertz CT molecular complexity index is 630. The van der Waals surface area contributed by atoms with Gasteiger partial charge >= 0.3 is 6.09 Å². The summed E-state index contributed by atoms with van der Waals surface area (Å²) in [6.45, 7) is 11.2. The number of ether oxygens (including phenoxy) is 1. The highest BCUT2D eigenvalue weighted by Crippen LogP contribution is 2.35. The van der Waals surface area contributed by atoms with Crippen LogP contribution in [-0.4, -0.2) is 22.1 Å². The number of nitrogens with zero attached hydrogens (tertiary/aromatic N) is 1. The zero-order chi connectivity index (χ0) is 19.2. The number of amides is 1. The van der Waals surface area contributed by atoms with E-state index in [9.17, 15) is 13.6 Å². The maximum atomic E-state index is 14.0. The molecular weight excluding hydrogens is 346 g/mol. The summed E-state index contributed by atoms with van der Waals surface area (Å²) in [7, 11) is 0. The van der Waals surface area contributed by atoms with Crippen molar-refractivity contribution in [3.63, 3.8) is 0 Å². The van der Waals surface area contributed by atoms with Crippen molar-refractivity contribution in [3.05, 3.63) is 35.4 Å². The van der Waals surface area contributed by atoms with Crippen LogP contribution < -0.4 is 5.32 Å². The molecular formula is C18H26F2N2O2S. The van der Waals surface area contributed by atoms with E-state index in [0.717, 1.165) is 6.07 Å². The molecule has 0 radical (unpaired) electrons. The molecule has 2 rings (SSSR count). The second-order valence-corrected chi connectivity index (χ2v) is 7.81. The summed E-state index contributed by atoms with van der Waals surface area (Å²) in [5.74, 6) is -1.79. The minimum Gasteiger partial charge on any atom is -0.444 e. The Labute approximate surface area is 152 Å². The molecule has 1 aromatic carbocycles. The smallest absolute Gasteiger partial charge is 0.413 e. The highest BCUT2D eigenvalue weighted by Gasteiger charge is 2.27. The fraction of sp³-hybridized carbons (Fsp3) is 0.556. The lowest BCUT2D eigenvalue weighted by Crippen LogP contribution is -2.37. The second kappa shape index (κ2) is 9.17. The number of rotatable bonds is 1. The summed E-state index contributed by atoms with van der Waals surface area (Å²) in [5, 5.41) is 3.03. The number of alkyl carbamates (subject to hydrolysis) is 1. The third kappa shape index (κ3) is 6.65. The van der Waals surface area contributed by atoms with Crippen molar-refractivity contribution in [2.24, 2.45) is 4.99 Å². The van der Waals surface area contributed by atoms with E-state index in [1.54, 1.807) is 20.8 Å². The first-order chi connectivity index (χ1) is 11.7. The number of nitrogens with one attached hydrogen (secondary N) is 1. The van der Waals surface area contributed by atoms with Crippen molar-refractivity contribution < 1.29 is 18.3 Å². The number of hydrogen-bond acceptors (Lipinski definition) is 4. The van der Waals surface area contributed by atoms with Crippen LogP contribution in [0.5, 0.6) is 0 Å². The molecule has 1 heterocycles. The molecule has 0 fully saturated rings. The van der Waals surface area contributed by atoms with Gasteiger partial charge in [0, 0.05) is 10.8 Å². The van der Waals surface area contributed by atoms with Crippen LogP contribution in [0.15, 0.2) is 23.2 Å². The van der Waals surface area contributed by atoms with Crippen molar-refractivity contribution in [1.29, 1.82) is 0 Å². The monoisotopic (exact) mass is 372 g/mol. The van der Waals surface area contributed by atoms with Crippen molar-refractivity contribution >= 4 is 23.0 Å². The minimum atomic E-state index is -0.898. The van der Waals surface area contributed by atoms with Crippen LogP contribution in [0.3, 0.4) is 0 Å². The van der Waals surface area contributed by atoms with Gasteiger partial charge in [-0.25, -0.2) is 13.6 Å². The first-order valence-corrected chi connectivity index (χ1v) is 9.22. The first-order valence-electron chi connectivity index (χ1n) is 8.34. The predicted octanol–water partition coefficient (Wildman–Crippen LogP) is 5.44. The van der Waals surface area contributed by atoms with Crippen LogP contribution in [0.1, 0.15) is 59.6 Å². The lowest BCUT2D eigenvalue weighted by atomic mass is 10.0. The zero-order valence-corrected chi connectivity index (χ0v) is 16.3. The molecule has 25 heavy (non-hydrogen) atoms. The molecule has 140 valence electrons. The van der Waals surface area contributed by atoms with E-state index < -0.39 is 29.4 Å². The number of halogens is 2. The zero-order valence-electron chi connectivity index (χ0n) is 15.5. The molecule has 1 aliphatic heterocycles. The standard InChI is InChI=1S/C16H20F2N2O2S.C2H6/c1-9-8-12(10-6-5-7-11(17)13(10)18)19-14(23-9)20-15(21)22-16(2,3)4;1-2/h5-7,9,12H,8H2,1-4H3,(H,19,20,21);1-2H3. The number of aliphatic imine (C=N–C) groups is 1. The summed E-state index contributed by atoms with van der Waals surface area (Å²) in [5.41, 5.74) is -0.426. The van der Waals surface area contributed by atoms with Crippen molar-refractivity contribution in [3.8, 4) is 0 Å². The van der Waals surface area contributed by atoms with E-state index in [1.807, 2.05) is 20.8 Å². The molecule has 2 atom stereocenters. The topological polar surface area (TPSA) is 50.7 Å². The Morgan fingerprint density at radius 1 is 1.32 bits per heavy atom. The summed E-state index contributed by atoms with van der Waals surface area (Å²) in [6.07, 6.45) is -0.0545. The van der Waals surface area contributed by atoms with Crippen molar-refractivity contribution in [2.45, 2.75) is 64.9 Å². The van der Waals surface area contributed by atoms with Crippen LogP contribution in [0.25, 0.3) is 0 Å². The fourth-order valence-electron chi connectivity index (χ4n) is 2.20. The summed E-state index contributed by atoms with van der Waals surface area (Å²) < 4.78 is 32.5. The highest BCUT2D eigenvalue weighted by atomic mass is 32.2. The van der Waals surface area contributed by atoms with Crippen LogP contribution in [-0.2, 0) is 4.74 Å². The number of carbonyl (C=O) groups excluding carboxylic acids is 1. The minimum absolute atomic E-state index is 0.102. The molecule has 0 spiro atoms. The highest BCUT2D eigenvalue weighted by molar-refractivity contribution is 8.14. The van der Waals surface area contributed by atoms with Gasteiger partial charge in [-0.3, -0.25) is 10.3 Å². The summed E-state index contributed by atoms with van der Waals surface area (Å²) in [6, 6.07) is 3.51. The predicted molar refractivity (Wildman–Crippen MR) is 98.9 cm³/mol. The van der Waals surface area contributed by atoms with Gasteiger partial charge in [0.15, 0.2) is 16.8 Å². The Balaban J connectivity index is 0.00000151. The van der Waals surface area contributed by atoms with Crippen molar-refractivity contribution in [2.75, 3.05) is 0 Å². The summed E-state index contributed by atoms with van der Waals surface area (Å²) >= 11 is 1.37. The molecule has 0 bridgehead atoms. The van der Waals surface area contributed by atoms with Gasteiger partial charge in [-0.1, -0.05) is 44.7 Å². The van der Waals surface area contributed by atoms with Gasteiger partial charge in [0.2, 0.25) is 0 Å². The Kier molecular flexibility index (Phi) is 7.86. The quantitative estimate of drug-likeness (QED) is 0.714. The molecule has 7 heteroatoms. The lowest BCUT2D eigenvalue weighted by Gasteiger charge is -2.26. The maximum absolute atomic E-state index is 14.0. The van der Waals surface area contributed by atoms with Gasteiger partial charge in [-0.15, -0.1) is 0 Å². The molecule has 1 aromatic rings. The molecule has 1 aliphatic rings. The Morgan fingerprint density at radius 3 is 2.56 bits per heavy atom. The average Bonchev–Trinajstić information content (AvgIpc) is 2.49. The molecule has 1 N–H and O–H groups in total. The largest absolute Gasteiger partial charge is 0.444 e. The fourth-order valence-corrected chi connectivity index (χ4v) is 3.19. The third-order valence-electron chi connectivity index (χ3n) is 3.09. The number of carbonyl (C=O) groups is 1. The van der Waals surface area contributed by atoms with Crippen LogP contribution in [0, 0.1) is 11.6 Å². The van der Waals surface area contributed by atoms with Gasteiger partial charge < -0.3 is 4.74 Å². The van der Waals surface area contributed by atoms with E-state index in [1.165, 1.54) is 23.9 Å². The van der Waals surface area contributed by atoms with Gasteiger partial charge in [-0.2, -0.15) is 0 Å². The molecule has 0 aliphatic carbocycles. The molecule has 0 saturated heterocycles. The van der Waals surface area contributed by atoms with Crippen molar-refractivity contribution in [1.82, 2.24) is 5.32 Å². The number of benzene rings is 1. The van der Waals surface area contributed by atoms with Gasteiger partial charge in [0.1, 0.15) is 5.60 Å². The Hall–Kier alpha value is -1.63. The summed E-state index contributed by atoms with van der Waals surface area (Å²) in [4.78, 5) is 16.2. The van der Waals surface area contributed by atoms with Crippen LogP contribution in [0.2, 0.25) is 0 Å². The molecule has 0 saturated carbocycles. The molecule has 0 aromatic heterocycles.